The molecule has 1 heterocycles. The van der Waals surface area contributed by atoms with E-state index in [1.807, 2.05) is 12.1 Å². The maximum Gasteiger partial charge on any atom is 0.326 e. The molecule has 2 aromatic carbocycles. The molecule has 138 valence electrons. The fourth-order valence-electron chi connectivity index (χ4n) is 2.79. The summed E-state index contributed by atoms with van der Waals surface area (Å²) in [6, 6.07) is 14.2. The Morgan fingerprint density at radius 3 is 2.42 bits per heavy atom. The first-order valence-corrected chi connectivity index (χ1v) is 8.99. The molecule has 7 heteroatoms. The van der Waals surface area contributed by atoms with Gasteiger partial charge in [0.15, 0.2) is 0 Å². The van der Waals surface area contributed by atoms with Crippen LogP contribution in [0, 0.1) is 0 Å². The number of nitrogens with zero attached hydrogens (tertiary/aromatic N) is 2. The average molecular weight is 375 g/mol. The predicted octanol–water partition coefficient (Wildman–Crippen LogP) is 3.29. The van der Waals surface area contributed by atoms with Crippen molar-refractivity contribution in [3.8, 4) is 0 Å². The number of urea groups is 1. The quantitative estimate of drug-likeness (QED) is 0.788. The lowest BCUT2D eigenvalue weighted by Crippen LogP contribution is -2.44. The van der Waals surface area contributed by atoms with Gasteiger partial charge in [0.1, 0.15) is 0 Å². The van der Waals surface area contributed by atoms with Gasteiger partial charge in [-0.25, -0.2) is 4.79 Å². The summed E-state index contributed by atoms with van der Waals surface area (Å²) in [6.07, 6.45) is 0. The van der Waals surface area contributed by atoms with Gasteiger partial charge in [-0.15, -0.1) is 0 Å². The Morgan fingerprint density at radius 1 is 1.12 bits per heavy atom. The van der Waals surface area contributed by atoms with Crippen molar-refractivity contribution in [3.05, 3.63) is 53.6 Å². The number of halogens is 1. The molecule has 6 nitrogen and oxygen atoms in total. The van der Waals surface area contributed by atoms with Crippen molar-refractivity contribution in [2.24, 2.45) is 0 Å². The van der Waals surface area contributed by atoms with Crippen LogP contribution in [0.15, 0.2) is 48.5 Å². The molecule has 0 radical (unpaired) electrons. The SMILES string of the molecule is Nc1ccc(N(CCN2CCOCC2)C(=O)Nc2ccc(Cl)cc2)cc1. The lowest BCUT2D eigenvalue weighted by atomic mass is 10.2. The van der Waals surface area contributed by atoms with E-state index in [1.54, 1.807) is 41.3 Å². The molecule has 0 aromatic heterocycles. The number of nitrogens with one attached hydrogen (secondary N) is 1. The second kappa shape index (κ2) is 8.89. The van der Waals surface area contributed by atoms with Gasteiger partial charge >= 0.3 is 6.03 Å². The molecule has 0 aliphatic carbocycles. The number of benzene rings is 2. The van der Waals surface area contributed by atoms with Crippen molar-refractivity contribution in [1.82, 2.24) is 4.90 Å². The topological polar surface area (TPSA) is 70.8 Å². The Hall–Kier alpha value is -2.28. The maximum absolute atomic E-state index is 12.9. The van der Waals surface area contributed by atoms with E-state index in [0.717, 1.165) is 38.5 Å². The number of rotatable bonds is 5. The highest BCUT2D eigenvalue weighted by Crippen LogP contribution is 2.19. The summed E-state index contributed by atoms with van der Waals surface area (Å²) < 4.78 is 5.38. The number of ether oxygens (including phenoxy) is 1. The molecule has 1 aliphatic heterocycles. The molecule has 3 N–H and O–H groups in total. The van der Waals surface area contributed by atoms with Crippen LogP contribution in [-0.4, -0.2) is 50.3 Å². The normalized spacial score (nSPS) is 14.8. The number of carbonyl (C=O) groups is 1. The van der Waals surface area contributed by atoms with Gasteiger partial charge in [0, 0.05) is 48.3 Å². The van der Waals surface area contributed by atoms with Crippen molar-refractivity contribution in [2.45, 2.75) is 0 Å². The lowest BCUT2D eigenvalue weighted by molar-refractivity contribution is 0.0393. The summed E-state index contributed by atoms with van der Waals surface area (Å²) in [5.74, 6) is 0. The molecule has 0 saturated carbocycles. The maximum atomic E-state index is 12.9. The molecule has 0 spiro atoms. The molecule has 0 unspecified atom stereocenters. The molecular weight excluding hydrogens is 352 g/mol. The Bertz CT molecular complexity index is 715. The Kier molecular flexibility index (Phi) is 6.33. The first kappa shape index (κ1) is 18.5. The first-order valence-electron chi connectivity index (χ1n) is 8.61. The van der Waals surface area contributed by atoms with E-state index >= 15 is 0 Å². The van der Waals surface area contributed by atoms with Crippen LogP contribution in [0.3, 0.4) is 0 Å². The van der Waals surface area contributed by atoms with E-state index in [-0.39, 0.29) is 6.03 Å². The zero-order valence-electron chi connectivity index (χ0n) is 14.5. The average Bonchev–Trinajstić information content (AvgIpc) is 2.66. The highest BCUT2D eigenvalue weighted by molar-refractivity contribution is 6.30. The van der Waals surface area contributed by atoms with Gasteiger partial charge in [-0.3, -0.25) is 9.80 Å². The Morgan fingerprint density at radius 2 is 1.77 bits per heavy atom. The van der Waals surface area contributed by atoms with Gasteiger partial charge in [0.2, 0.25) is 0 Å². The number of morpholine rings is 1. The van der Waals surface area contributed by atoms with Gasteiger partial charge in [-0.1, -0.05) is 11.6 Å². The minimum absolute atomic E-state index is 0.189. The van der Waals surface area contributed by atoms with Crippen LogP contribution in [-0.2, 0) is 4.74 Å². The molecule has 0 bridgehead atoms. The molecule has 1 saturated heterocycles. The van der Waals surface area contributed by atoms with E-state index in [4.69, 9.17) is 22.1 Å². The fourth-order valence-corrected chi connectivity index (χ4v) is 2.92. The summed E-state index contributed by atoms with van der Waals surface area (Å²) in [6.45, 7) is 4.59. The highest BCUT2D eigenvalue weighted by atomic mass is 35.5. The third kappa shape index (κ3) is 5.11. The second-order valence-electron chi connectivity index (χ2n) is 6.13. The lowest BCUT2D eigenvalue weighted by Gasteiger charge is -2.30. The van der Waals surface area contributed by atoms with E-state index < -0.39 is 0 Å². The van der Waals surface area contributed by atoms with E-state index in [2.05, 4.69) is 10.2 Å². The summed E-state index contributed by atoms with van der Waals surface area (Å²) >= 11 is 5.91. The zero-order chi connectivity index (χ0) is 18.4. The van der Waals surface area contributed by atoms with Crippen molar-refractivity contribution < 1.29 is 9.53 Å². The van der Waals surface area contributed by atoms with Crippen LogP contribution in [0.4, 0.5) is 21.9 Å². The number of anilines is 3. The van der Waals surface area contributed by atoms with Gasteiger partial charge in [0.25, 0.3) is 0 Å². The van der Waals surface area contributed by atoms with Gasteiger partial charge in [0.05, 0.1) is 13.2 Å². The highest BCUT2D eigenvalue weighted by Gasteiger charge is 2.18. The molecular formula is C19H23ClN4O2. The van der Waals surface area contributed by atoms with Gasteiger partial charge in [-0.2, -0.15) is 0 Å². The van der Waals surface area contributed by atoms with Crippen LogP contribution >= 0.6 is 11.6 Å². The van der Waals surface area contributed by atoms with E-state index in [1.165, 1.54) is 0 Å². The van der Waals surface area contributed by atoms with E-state index in [9.17, 15) is 4.79 Å². The van der Waals surface area contributed by atoms with Gasteiger partial charge < -0.3 is 15.8 Å². The molecule has 26 heavy (non-hydrogen) atoms. The number of nitrogen functional groups attached to an aromatic ring is 1. The van der Waals surface area contributed by atoms with Crippen LogP contribution in [0.1, 0.15) is 0 Å². The molecule has 2 amide bonds. The summed E-state index contributed by atoms with van der Waals surface area (Å²) in [5.41, 5.74) is 7.95. The number of nitrogens with two attached hydrogens (primary N) is 1. The molecule has 3 rings (SSSR count). The summed E-state index contributed by atoms with van der Waals surface area (Å²) in [4.78, 5) is 16.9. The van der Waals surface area contributed by atoms with Crippen molar-refractivity contribution in [2.75, 3.05) is 55.3 Å². The van der Waals surface area contributed by atoms with E-state index in [0.29, 0.717) is 22.9 Å². The van der Waals surface area contributed by atoms with Crippen molar-refractivity contribution in [1.29, 1.82) is 0 Å². The van der Waals surface area contributed by atoms with Crippen LogP contribution in [0.25, 0.3) is 0 Å². The van der Waals surface area contributed by atoms with Crippen LogP contribution in [0.2, 0.25) is 5.02 Å². The molecule has 1 fully saturated rings. The third-order valence-corrected chi connectivity index (χ3v) is 4.54. The summed E-state index contributed by atoms with van der Waals surface area (Å²) in [7, 11) is 0. The number of amides is 2. The Balaban J connectivity index is 1.71. The minimum atomic E-state index is -0.189. The monoisotopic (exact) mass is 374 g/mol. The fraction of sp³-hybridized carbons (Fsp3) is 0.316. The largest absolute Gasteiger partial charge is 0.399 e. The first-order chi connectivity index (χ1) is 12.6. The molecule has 1 aliphatic rings. The van der Waals surface area contributed by atoms with Gasteiger partial charge in [-0.05, 0) is 48.5 Å². The molecule has 2 aromatic rings. The number of carbonyl (C=O) groups excluding carboxylic acids is 1. The van der Waals surface area contributed by atoms with Crippen molar-refractivity contribution in [3.63, 3.8) is 0 Å². The number of hydrogen-bond donors (Lipinski definition) is 2. The smallest absolute Gasteiger partial charge is 0.326 e. The molecule has 0 atom stereocenters. The predicted molar refractivity (Wildman–Crippen MR) is 106 cm³/mol. The zero-order valence-corrected chi connectivity index (χ0v) is 15.3. The number of hydrogen-bond acceptors (Lipinski definition) is 4. The third-order valence-electron chi connectivity index (χ3n) is 4.29. The van der Waals surface area contributed by atoms with Crippen LogP contribution < -0.4 is 16.0 Å². The van der Waals surface area contributed by atoms with Crippen LogP contribution in [0.5, 0.6) is 0 Å². The Labute approximate surface area is 158 Å². The van der Waals surface area contributed by atoms with Crippen molar-refractivity contribution >= 4 is 34.7 Å². The standard InChI is InChI=1S/C19H23ClN4O2/c20-15-1-5-17(6-2-15)22-19(25)24(18-7-3-16(21)4-8-18)10-9-23-11-13-26-14-12-23/h1-8H,9-14,21H2,(H,22,25). The second-order valence-corrected chi connectivity index (χ2v) is 6.57. The minimum Gasteiger partial charge on any atom is -0.399 e. The summed E-state index contributed by atoms with van der Waals surface area (Å²) in [5, 5.41) is 3.55.